The molecule has 0 bridgehead atoms. The highest BCUT2D eigenvalue weighted by Crippen LogP contribution is 2.09. The van der Waals surface area contributed by atoms with E-state index in [0.717, 1.165) is 12.1 Å². The number of rotatable bonds is 5. The Balaban J connectivity index is 2.55. The molecular weight excluding hydrogens is 209 g/mol. The van der Waals surface area contributed by atoms with Gasteiger partial charge in [0.2, 0.25) is 0 Å². The normalized spacial score (nSPS) is 10.7. The topological polar surface area (TPSA) is 3.24 Å². The molecule has 15 heavy (non-hydrogen) atoms. The average Bonchev–Trinajstić information content (AvgIpc) is 2.21. The van der Waals surface area contributed by atoms with Crippen LogP contribution in [0.3, 0.4) is 0 Å². The predicted octanol–water partition coefficient (Wildman–Crippen LogP) is 2.74. The number of benzene rings is 1. The van der Waals surface area contributed by atoms with Crippen molar-refractivity contribution in [2.45, 2.75) is 6.54 Å². The van der Waals surface area contributed by atoms with Gasteiger partial charge in [0.25, 0.3) is 0 Å². The second-order valence-corrected chi connectivity index (χ2v) is 3.99. The maximum atomic E-state index is 13.3. The van der Waals surface area contributed by atoms with Gasteiger partial charge in [0, 0.05) is 24.4 Å². The molecule has 0 aromatic heterocycles. The van der Waals surface area contributed by atoms with Gasteiger partial charge >= 0.3 is 0 Å². The molecule has 0 atom stereocenters. The quantitative estimate of drug-likeness (QED) is 0.595. The van der Waals surface area contributed by atoms with E-state index in [-0.39, 0.29) is 5.82 Å². The summed E-state index contributed by atoms with van der Waals surface area (Å²) < 4.78 is 13.3. The van der Waals surface area contributed by atoms with Crippen molar-refractivity contribution < 1.29 is 4.39 Å². The van der Waals surface area contributed by atoms with Gasteiger partial charge < -0.3 is 0 Å². The Hall–Kier alpha value is -0.800. The highest BCUT2D eigenvalue weighted by Gasteiger charge is 2.05. The van der Waals surface area contributed by atoms with Crippen LogP contribution in [0.4, 0.5) is 4.39 Å². The van der Waals surface area contributed by atoms with Gasteiger partial charge in [-0.05, 0) is 13.1 Å². The fourth-order valence-corrected chi connectivity index (χ4v) is 1.51. The van der Waals surface area contributed by atoms with Crippen LogP contribution in [0, 0.1) is 5.82 Å². The molecule has 82 valence electrons. The van der Waals surface area contributed by atoms with Gasteiger partial charge in [-0.2, -0.15) is 12.6 Å². The summed E-state index contributed by atoms with van der Waals surface area (Å²) >= 11 is 4.14. The zero-order chi connectivity index (χ0) is 11.3. The van der Waals surface area contributed by atoms with E-state index in [4.69, 9.17) is 0 Å². The monoisotopic (exact) mass is 225 g/mol. The summed E-state index contributed by atoms with van der Waals surface area (Å²) in [5, 5.41) is 0. The first-order valence-electron chi connectivity index (χ1n) is 4.83. The standard InChI is InChI=1S/C12H16FNS/c1-10(9-15)7-14(2)8-11-5-3-4-6-12(11)13/h3-6,15H,1,7-9H2,2H3. The van der Waals surface area contributed by atoms with E-state index in [1.807, 2.05) is 18.0 Å². The molecule has 0 saturated carbocycles. The van der Waals surface area contributed by atoms with Gasteiger partial charge in [0.1, 0.15) is 5.82 Å². The summed E-state index contributed by atoms with van der Waals surface area (Å²) in [6, 6.07) is 6.83. The van der Waals surface area contributed by atoms with Crippen LogP contribution in [0.1, 0.15) is 5.56 Å². The number of hydrogen-bond donors (Lipinski definition) is 1. The lowest BCUT2D eigenvalue weighted by Crippen LogP contribution is -2.21. The Morgan fingerprint density at radius 3 is 2.73 bits per heavy atom. The summed E-state index contributed by atoms with van der Waals surface area (Å²) in [5.41, 5.74) is 1.75. The minimum atomic E-state index is -0.152. The van der Waals surface area contributed by atoms with Gasteiger partial charge in [-0.25, -0.2) is 4.39 Å². The average molecular weight is 225 g/mol. The van der Waals surface area contributed by atoms with E-state index in [1.165, 1.54) is 6.07 Å². The zero-order valence-corrected chi connectivity index (χ0v) is 9.80. The van der Waals surface area contributed by atoms with E-state index in [2.05, 4.69) is 19.2 Å². The molecule has 0 aliphatic heterocycles. The van der Waals surface area contributed by atoms with E-state index in [0.29, 0.717) is 17.9 Å². The Kier molecular flexibility index (Phi) is 4.85. The lowest BCUT2D eigenvalue weighted by molar-refractivity contribution is 0.349. The van der Waals surface area contributed by atoms with Crippen LogP contribution in [0.15, 0.2) is 36.4 Å². The predicted molar refractivity (Wildman–Crippen MR) is 65.7 cm³/mol. The molecule has 1 rings (SSSR count). The molecular formula is C12H16FNS. The molecule has 1 nitrogen and oxygen atoms in total. The van der Waals surface area contributed by atoms with Crippen LogP contribution in [0.25, 0.3) is 0 Å². The van der Waals surface area contributed by atoms with Gasteiger partial charge in [0.05, 0.1) is 0 Å². The molecule has 1 aromatic carbocycles. The van der Waals surface area contributed by atoms with Gasteiger partial charge in [-0.3, -0.25) is 4.90 Å². The first-order valence-corrected chi connectivity index (χ1v) is 5.46. The highest BCUT2D eigenvalue weighted by atomic mass is 32.1. The number of hydrogen-bond acceptors (Lipinski definition) is 2. The van der Waals surface area contributed by atoms with E-state index >= 15 is 0 Å². The number of nitrogens with zero attached hydrogens (tertiary/aromatic N) is 1. The van der Waals surface area contributed by atoms with Crippen LogP contribution >= 0.6 is 12.6 Å². The smallest absolute Gasteiger partial charge is 0.127 e. The second kappa shape index (κ2) is 5.93. The first kappa shape index (κ1) is 12.3. The fraction of sp³-hybridized carbons (Fsp3) is 0.333. The number of halogens is 1. The van der Waals surface area contributed by atoms with Crippen LogP contribution in [-0.2, 0) is 6.54 Å². The largest absolute Gasteiger partial charge is 0.298 e. The lowest BCUT2D eigenvalue weighted by Gasteiger charge is -2.17. The van der Waals surface area contributed by atoms with Crippen LogP contribution in [0.2, 0.25) is 0 Å². The van der Waals surface area contributed by atoms with Gasteiger partial charge in [-0.15, -0.1) is 0 Å². The summed E-state index contributed by atoms with van der Waals surface area (Å²) in [5.74, 6) is 0.516. The molecule has 0 N–H and O–H groups in total. The van der Waals surface area contributed by atoms with Crippen molar-refractivity contribution in [3.63, 3.8) is 0 Å². The molecule has 3 heteroatoms. The molecule has 0 radical (unpaired) electrons. The van der Waals surface area contributed by atoms with E-state index < -0.39 is 0 Å². The minimum absolute atomic E-state index is 0.152. The lowest BCUT2D eigenvalue weighted by atomic mass is 10.2. The van der Waals surface area contributed by atoms with Crippen molar-refractivity contribution in [2.75, 3.05) is 19.3 Å². The maximum Gasteiger partial charge on any atom is 0.127 e. The third kappa shape index (κ3) is 4.06. The van der Waals surface area contributed by atoms with E-state index in [1.54, 1.807) is 12.1 Å². The molecule has 0 fully saturated rings. The minimum Gasteiger partial charge on any atom is -0.298 e. The summed E-state index contributed by atoms with van der Waals surface area (Å²) in [6.45, 7) is 5.21. The van der Waals surface area contributed by atoms with Gasteiger partial charge in [0.15, 0.2) is 0 Å². The molecule has 0 amide bonds. The Labute approximate surface area is 96.0 Å². The third-order valence-electron chi connectivity index (χ3n) is 2.12. The van der Waals surface area contributed by atoms with Crippen molar-refractivity contribution in [3.8, 4) is 0 Å². The van der Waals surface area contributed by atoms with Crippen molar-refractivity contribution in [1.82, 2.24) is 4.90 Å². The number of thiol groups is 1. The molecule has 0 aliphatic rings. The molecule has 0 spiro atoms. The Morgan fingerprint density at radius 1 is 1.47 bits per heavy atom. The second-order valence-electron chi connectivity index (χ2n) is 3.67. The fourth-order valence-electron chi connectivity index (χ4n) is 1.41. The van der Waals surface area contributed by atoms with E-state index in [9.17, 15) is 4.39 Å². The highest BCUT2D eigenvalue weighted by molar-refractivity contribution is 7.80. The van der Waals surface area contributed by atoms with Gasteiger partial charge in [-0.1, -0.05) is 30.4 Å². The third-order valence-corrected chi connectivity index (χ3v) is 2.56. The summed E-state index contributed by atoms with van der Waals surface area (Å²) in [6.07, 6.45) is 0. The summed E-state index contributed by atoms with van der Waals surface area (Å²) in [7, 11) is 1.95. The van der Waals surface area contributed by atoms with Crippen molar-refractivity contribution >= 4 is 12.6 Å². The molecule has 0 aliphatic carbocycles. The Morgan fingerprint density at radius 2 is 2.13 bits per heavy atom. The van der Waals surface area contributed by atoms with Crippen molar-refractivity contribution in [1.29, 1.82) is 0 Å². The first-order chi connectivity index (χ1) is 7.13. The maximum absolute atomic E-state index is 13.3. The molecule has 0 unspecified atom stereocenters. The van der Waals surface area contributed by atoms with Crippen molar-refractivity contribution in [3.05, 3.63) is 47.8 Å². The number of likely N-dealkylation sites (N-methyl/N-ethyl adjacent to an activating group) is 1. The van der Waals surface area contributed by atoms with Crippen LogP contribution in [0.5, 0.6) is 0 Å². The van der Waals surface area contributed by atoms with Crippen molar-refractivity contribution in [2.24, 2.45) is 0 Å². The molecule has 1 aromatic rings. The molecule has 0 heterocycles. The molecule has 0 saturated heterocycles. The Bertz CT molecular complexity index is 338. The summed E-state index contributed by atoms with van der Waals surface area (Å²) in [4.78, 5) is 2.02. The van der Waals surface area contributed by atoms with Crippen LogP contribution < -0.4 is 0 Å². The van der Waals surface area contributed by atoms with Crippen LogP contribution in [-0.4, -0.2) is 24.2 Å². The SMILES string of the molecule is C=C(CS)CN(C)Cc1ccccc1F. The zero-order valence-electron chi connectivity index (χ0n) is 8.91.